The van der Waals surface area contributed by atoms with Crippen molar-refractivity contribution >= 4 is 35.1 Å². The molecule has 134 valence electrons. The predicted molar refractivity (Wildman–Crippen MR) is 84.9 cm³/mol. The molecule has 2 fully saturated rings. The number of carbonyl (C=O) groups is 5. The number of nitrogens with zero attached hydrogens (tertiary/aromatic N) is 2. The van der Waals surface area contributed by atoms with E-state index in [2.05, 4.69) is 5.32 Å². The topological polar surface area (TPSA) is 104 Å². The Morgan fingerprint density at radius 1 is 1.00 bits per heavy atom. The third kappa shape index (κ3) is 2.39. The number of Topliss-reactive ketones (excluding diaryl/α,β-unsaturated/α-hetero) is 1. The number of hydrogen-bond donors (Lipinski definition) is 1. The molecule has 0 spiro atoms. The first kappa shape index (κ1) is 16.4. The largest absolute Gasteiger partial charge is 0.361 e. The summed E-state index contributed by atoms with van der Waals surface area (Å²) in [5.41, 5.74) is -0.0391. The summed E-state index contributed by atoms with van der Waals surface area (Å²) in [6, 6.07) is 1.13. The van der Waals surface area contributed by atoms with E-state index in [1.807, 2.05) is 0 Å². The van der Waals surface area contributed by atoms with Crippen molar-refractivity contribution in [3.8, 4) is 0 Å². The SMILES string of the molecule is O=C1CCN(c2cc3c(cc2F)C(=O)N(C2CCC(=O)NC2=O)C3=O)C1. The summed E-state index contributed by atoms with van der Waals surface area (Å²) in [5, 5.41) is 2.10. The lowest BCUT2D eigenvalue weighted by Gasteiger charge is -2.27. The van der Waals surface area contributed by atoms with Gasteiger partial charge < -0.3 is 4.90 Å². The summed E-state index contributed by atoms with van der Waals surface area (Å²) in [4.78, 5) is 62.3. The number of anilines is 1. The number of carbonyl (C=O) groups excluding carboxylic acids is 5. The van der Waals surface area contributed by atoms with Crippen LogP contribution in [0.4, 0.5) is 10.1 Å². The monoisotopic (exact) mass is 359 g/mol. The average molecular weight is 359 g/mol. The maximum Gasteiger partial charge on any atom is 0.262 e. The van der Waals surface area contributed by atoms with E-state index in [1.54, 1.807) is 0 Å². The van der Waals surface area contributed by atoms with Crippen molar-refractivity contribution in [2.75, 3.05) is 18.0 Å². The van der Waals surface area contributed by atoms with E-state index < -0.39 is 35.5 Å². The molecule has 4 amide bonds. The van der Waals surface area contributed by atoms with Crippen LogP contribution in [0.5, 0.6) is 0 Å². The van der Waals surface area contributed by atoms with Gasteiger partial charge in [0.1, 0.15) is 11.9 Å². The summed E-state index contributed by atoms with van der Waals surface area (Å²) in [6.07, 6.45) is 0.344. The fraction of sp³-hybridized carbons (Fsp3) is 0.353. The van der Waals surface area contributed by atoms with E-state index in [1.165, 1.54) is 11.0 Å². The van der Waals surface area contributed by atoms with Crippen molar-refractivity contribution in [2.24, 2.45) is 0 Å². The van der Waals surface area contributed by atoms with Gasteiger partial charge in [-0.05, 0) is 18.6 Å². The van der Waals surface area contributed by atoms with Crippen LogP contribution in [0.15, 0.2) is 12.1 Å². The number of piperidine rings is 1. The zero-order valence-electron chi connectivity index (χ0n) is 13.6. The van der Waals surface area contributed by atoms with E-state index >= 15 is 0 Å². The standard InChI is InChI=1S/C17H14FN3O5/c18-11-5-9-10(6-13(11)20-4-3-8(22)7-20)17(26)21(16(9)25)12-1-2-14(23)19-15(12)24/h5-6,12H,1-4,7H2,(H,19,23,24). The van der Waals surface area contributed by atoms with Gasteiger partial charge in [0.15, 0.2) is 5.78 Å². The van der Waals surface area contributed by atoms with Crippen LogP contribution in [0.3, 0.4) is 0 Å². The Kier molecular flexibility index (Phi) is 3.60. The molecule has 0 aliphatic carbocycles. The lowest BCUT2D eigenvalue weighted by Crippen LogP contribution is -2.54. The maximum atomic E-state index is 14.5. The highest BCUT2D eigenvalue weighted by Crippen LogP contribution is 2.33. The minimum atomic E-state index is -1.10. The number of nitrogens with one attached hydrogen (secondary N) is 1. The Hall–Kier alpha value is -3.10. The van der Waals surface area contributed by atoms with Gasteiger partial charge in [0, 0.05) is 19.4 Å². The van der Waals surface area contributed by atoms with Gasteiger partial charge in [0.2, 0.25) is 11.8 Å². The Morgan fingerprint density at radius 3 is 2.31 bits per heavy atom. The average Bonchev–Trinajstić information content (AvgIpc) is 3.11. The van der Waals surface area contributed by atoms with Crippen LogP contribution < -0.4 is 10.2 Å². The molecule has 1 aromatic carbocycles. The Balaban J connectivity index is 1.69. The number of fused-ring (bicyclic) bond motifs is 1. The normalized spacial score (nSPS) is 23.0. The molecule has 26 heavy (non-hydrogen) atoms. The number of amides is 4. The molecule has 1 aromatic rings. The molecule has 0 radical (unpaired) electrons. The van der Waals surface area contributed by atoms with Gasteiger partial charge in [0.05, 0.1) is 23.4 Å². The highest BCUT2D eigenvalue weighted by atomic mass is 19.1. The zero-order chi connectivity index (χ0) is 18.6. The van der Waals surface area contributed by atoms with Gasteiger partial charge in [-0.15, -0.1) is 0 Å². The van der Waals surface area contributed by atoms with E-state index in [0.29, 0.717) is 13.0 Å². The van der Waals surface area contributed by atoms with Crippen molar-refractivity contribution in [3.63, 3.8) is 0 Å². The Morgan fingerprint density at radius 2 is 1.69 bits per heavy atom. The third-order valence-corrected chi connectivity index (χ3v) is 4.88. The van der Waals surface area contributed by atoms with Crippen molar-refractivity contribution in [1.29, 1.82) is 0 Å². The molecule has 8 nitrogen and oxygen atoms in total. The summed E-state index contributed by atoms with van der Waals surface area (Å²) in [7, 11) is 0. The van der Waals surface area contributed by atoms with Crippen molar-refractivity contribution in [2.45, 2.75) is 25.3 Å². The van der Waals surface area contributed by atoms with E-state index in [4.69, 9.17) is 0 Å². The summed E-state index contributed by atoms with van der Waals surface area (Å²) in [6.45, 7) is 0.391. The fourth-order valence-electron chi connectivity index (χ4n) is 3.56. The van der Waals surface area contributed by atoms with Gasteiger partial charge in [-0.3, -0.25) is 34.2 Å². The molecule has 0 aromatic heterocycles. The summed E-state index contributed by atoms with van der Waals surface area (Å²) >= 11 is 0. The predicted octanol–water partition coefficient (Wildman–Crippen LogP) is 0.00610. The molecule has 0 bridgehead atoms. The van der Waals surface area contributed by atoms with Crippen LogP contribution in [-0.2, 0) is 14.4 Å². The van der Waals surface area contributed by atoms with E-state index in [-0.39, 0.29) is 42.0 Å². The molecule has 9 heteroatoms. The van der Waals surface area contributed by atoms with Crippen molar-refractivity contribution < 1.29 is 28.4 Å². The zero-order valence-corrected chi connectivity index (χ0v) is 13.6. The lowest BCUT2D eigenvalue weighted by atomic mass is 10.0. The van der Waals surface area contributed by atoms with Crippen LogP contribution >= 0.6 is 0 Å². The Bertz CT molecular complexity index is 897. The van der Waals surface area contributed by atoms with Crippen LogP contribution in [0.25, 0.3) is 0 Å². The number of halogens is 1. The summed E-state index contributed by atoms with van der Waals surface area (Å²) < 4.78 is 14.5. The van der Waals surface area contributed by atoms with Gasteiger partial charge in [-0.1, -0.05) is 0 Å². The van der Waals surface area contributed by atoms with Crippen LogP contribution in [-0.4, -0.2) is 53.4 Å². The second-order valence-corrected chi connectivity index (χ2v) is 6.51. The number of imide groups is 2. The smallest absolute Gasteiger partial charge is 0.262 e. The first-order valence-corrected chi connectivity index (χ1v) is 8.18. The second-order valence-electron chi connectivity index (χ2n) is 6.51. The Labute approximate surface area is 146 Å². The molecule has 3 aliphatic rings. The maximum absolute atomic E-state index is 14.5. The minimum absolute atomic E-state index is 0.00421. The molecular weight excluding hydrogens is 345 g/mol. The van der Waals surface area contributed by atoms with Gasteiger partial charge >= 0.3 is 0 Å². The third-order valence-electron chi connectivity index (χ3n) is 4.88. The van der Waals surface area contributed by atoms with Gasteiger partial charge in [0.25, 0.3) is 11.8 Å². The quantitative estimate of drug-likeness (QED) is 0.746. The molecule has 4 rings (SSSR count). The molecule has 0 saturated carbocycles. The number of hydrogen-bond acceptors (Lipinski definition) is 6. The fourth-order valence-corrected chi connectivity index (χ4v) is 3.56. The molecule has 3 aliphatic heterocycles. The lowest BCUT2D eigenvalue weighted by molar-refractivity contribution is -0.136. The molecule has 1 N–H and O–H groups in total. The first-order valence-electron chi connectivity index (χ1n) is 8.18. The summed E-state index contributed by atoms with van der Waals surface area (Å²) in [5.74, 6) is -3.38. The first-order chi connectivity index (χ1) is 12.4. The van der Waals surface area contributed by atoms with Crippen molar-refractivity contribution in [1.82, 2.24) is 10.2 Å². The number of ketones is 1. The van der Waals surface area contributed by atoms with Crippen LogP contribution in [0.2, 0.25) is 0 Å². The van der Waals surface area contributed by atoms with Crippen LogP contribution in [0, 0.1) is 5.82 Å². The van der Waals surface area contributed by atoms with Crippen LogP contribution in [0.1, 0.15) is 40.0 Å². The van der Waals surface area contributed by atoms with Gasteiger partial charge in [-0.25, -0.2) is 4.39 Å². The number of benzene rings is 1. The molecule has 1 atom stereocenters. The van der Waals surface area contributed by atoms with E-state index in [9.17, 15) is 28.4 Å². The minimum Gasteiger partial charge on any atom is -0.361 e. The second kappa shape index (κ2) is 5.72. The molecule has 2 saturated heterocycles. The highest BCUT2D eigenvalue weighted by molar-refractivity contribution is 6.23. The number of rotatable bonds is 2. The molecule has 1 unspecified atom stereocenters. The highest BCUT2D eigenvalue weighted by Gasteiger charge is 2.45. The van der Waals surface area contributed by atoms with E-state index in [0.717, 1.165) is 11.0 Å². The van der Waals surface area contributed by atoms with Gasteiger partial charge in [-0.2, -0.15) is 0 Å². The molecule has 3 heterocycles. The molecular formula is C17H14FN3O5. The van der Waals surface area contributed by atoms with Crippen molar-refractivity contribution in [3.05, 3.63) is 29.1 Å².